The molecule has 0 aromatic carbocycles. The highest BCUT2D eigenvalue weighted by atomic mass is 16.6. The van der Waals surface area contributed by atoms with Crippen molar-refractivity contribution in [1.82, 2.24) is 0 Å². The minimum atomic E-state index is -0.659. The van der Waals surface area contributed by atoms with Gasteiger partial charge in [-0.05, 0) is 13.8 Å². The van der Waals surface area contributed by atoms with Gasteiger partial charge in [-0.2, -0.15) is 0 Å². The van der Waals surface area contributed by atoms with Gasteiger partial charge in [0.05, 0.1) is 26.4 Å². The summed E-state index contributed by atoms with van der Waals surface area (Å²) in [4.78, 5) is 23.8. The van der Waals surface area contributed by atoms with Crippen molar-refractivity contribution < 1.29 is 33.3 Å². The Kier molecular flexibility index (Phi) is 15.3. The quantitative estimate of drug-likeness (QED) is 0.162. The largest absolute Gasteiger partial charge is 0.457 e. The van der Waals surface area contributed by atoms with Gasteiger partial charge in [-0.3, -0.25) is 0 Å². The third-order valence-corrected chi connectivity index (χ3v) is 4.21. The van der Waals surface area contributed by atoms with Crippen LogP contribution in [0, 0.1) is 0 Å². The number of hydrogen-bond acceptors (Lipinski definition) is 7. The molecule has 7 heteroatoms. The summed E-state index contributed by atoms with van der Waals surface area (Å²) in [5.74, 6) is -0.902. The van der Waals surface area contributed by atoms with Crippen LogP contribution in [-0.4, -0.2) is 62.8 Å². The van der Waals surface area contributed by atoms with E-state index < -0.39 is 23.1 Å². The molecule has 0 unspecified atom stereocenters. The fourth-order valence-corrected chi connectivity index (χ4v) is 2.81. The molecule has 0 bridgehead atoms. The lowest BCUT2D eigenvalue weighted by atomic mass is 9.98. The molecular formula is C24H38O7. The van der Waals surface area contributed by atoms with Crippen LogP contribution in [0.3, 0.4) is 0 Å². The van der Waals surface area contributed by atoms with E-state index in [0.29, 0.717) is 25.7 Å². The van der Waals surface area contributed by atoms with E-state index in [9.17, 15) is 9.59 Å². The highest BCUT2D eigenvalue weighted by molar-refractivity contribution is 5.71. The van der Waals surface area contributed by atoms with E-state index in [-0.39, 0.29) is 39.6 Å². The van der Waals surface area contributed by atoms with Crippen LogP contribution < -0.4 is 0 Å². The second kappa shape index (κ2) is 16.5. The first-order valence-corrected chi connectivity index (χ1v) is 10.3. The molecule has 0 heterocycles. The van der Waals surface area contributed by atoms with E-state index in [1.807, 2.05) is 13.8 Å². The van der Waals surface area contributed by atoms with Gasteiger partial charge in [-0.25, -0.2) is 9.59 Å². The van der Waals surface area contributed by atoms with Crippen molar-refractivity contribution in [2.75, 3.05) is 39.6 Å². The van der Waals surface area contributed by atoms with E-state index in [0.717, 1.165) is 0 Å². The molecule has 7 nitrogen and oxygen atoms in total. The van der Waals surface area contributed by atoms with Crippen molar-refractivity contribution in [1.29, 1.82) is 0 Å². The van der Waals surface area contributed by atoms with Crippen LogP contribution in [0.25, 0.3) is 0 Å². The fourth-order valence-electron chi connectivity index (χ4n) is 2.81. The Balaban J connectivity index is 3.85. The lowest BCUT2D eigenvalue weighted by molar-refractivity contribution is -0.163. The van der Waals surface area contributed by atoms with Crippen LogP contribution in [0.5, 0.6) is 0 Å². The normalized spacial score (nSPS) is 11.4. The maximum absolute atomic E-state index is 11.9. The first-order valence-electron chi connectivity index (χ1n) is 10.3. The monoisotopic (exact) mass is 438 g/mol. The summed E-state index contributed by atoms with van der Waals surface area (Å²) in [6.07, 6.45) is 8.93. The number of carbonyl (C=O) groups is 2. The summed E-state index contributed by atoms with van der Waals surface area (Å²) in [6.45, 7) is 19.1. The third kappa shape index (κ3) is 14.4. The number of carbonyl (C=O) groups excluding carboxylic acids is 2. The first-order chi connectivity index (χ1) is 14.7. The minimum Gasteiger partial charge on any atom is -0.457 e. The van der Waals surface area contributed by atoms with Crippen LogP contribution in [-0.2, 0) is 33.3 Å². The average molecular weight is 439 g/mol. The molecule has 0 N–H and O–H groups in total. The predicted molar refractivity (Wildman–Crippen MR) is 121 cm³/mol. The standard InChI is InChI=1S/C24H38O7/c1-7-11-23(5,12-8-2)30-21(25)19-28-17-15-27-16-18-29-20-22(26)31-24(6,13-9-3)14-10-4/h7-10H,1-4,11-20H2,5-6H3. The maximum atomic E-state index is 11.9. The Morgan fingerprint density at radius 3 is 1.19 bits per heavy atom. The van der Waals surface area contributed by atoms with Gasteiger partial charge < -0.3 is 23.7 Å². The number of hydrogen-bond donors (Lipinski definition) is 0. The second-order valence-electron chi connectivity index (χ2n) is 7.54. The summed E-state index contributed by atoms with van der Waals surface area (Å²) < 4.78 is 26.8. The van der Waals surface area contributed by atoms with Crippen LogP contribution in [0.1, 0.15) is 39.5 Å². The molecule has 0 aliphatic rings. The van der Waals surface area contributed by atoms with Gasteiger partial charge in [0.1, 0.15) is 24.4 Å². The zero-order valence-corrected chi connectivity index (χ0v) is 19.1. The van der Waals surface area contributed by atoms with E-state index in [2.05, 4.69) is 26.3 Å². The van der Waals surface area contributed by atoms with Crippen LogP contribution in [0.4, 0.5) is 0 Å². The number of ether oxygens (including phenoxy) is 5. The summed E-state index contributed by atoms with van der Waals surface area (Å²) in [5, 5.41) is 0. The van der Waals surface area contributed by atoms with Gasteiger partial charge in [0.15, 0.2) is 0 Å². The molecule has 0 aliphatic carbocycles. The molecule has 0 atom stereocenters. The zero-order valence-electron chi connectivity index (χ0n) is 19.1. The minimum absolute atomic E-state index is 0.163. The van der Waals surface area contributed by atoms with Crippen LogP contribution in [0.2, 0.25) is 0 Å². The summed E-state index contributed by atoms with van der Waals surface area (Å²) >= 11 is 0. The molecule has 176 valence electrons. The lowest BCUT2D eigenvalue weighted by Gasteiger charge is -2.27. The van der Waals surface area contributed by atoms with E-state index in [1.165, 1.54) is 0 Å². The molecule has 0 fully saturated rings. The van der Waals surface area contributed by atoms with Gasteiger partial charge in [-0.1, -0.05) is 24.3 Å². The molecule has 0 rings (SSSR count). The van der Waals surface area contributed by atoms with Gasteiger partial charge in [0.25, 0.3) is 0 Å². The smallest absolute Gasteiger partial charge is 0.332 e. The molecule has 0 saturated carbocycles. The lowest BCUT2D eigenvalue weighted by Crippen LogP contribution is -2.32. The van der Waals surface area contributed by atoms with Gasteiger partial charge in [0.2, 0.25) is 0 Å². The number of rotatable bonds is 20. The first kappa shape index (κ1) is 28.8. The molecule has 0 aromatic heterocycles. The van der Waals surface area contributed by atoms with Crippen molar-refractivity contribution in [3.05, 3.63) is 50.6 Å². The zero-order chi connectivity index (χ0) is 23.6. The van der Waals surface area contributed by atoms with Crippen molar-refractivity contribution in [2.45, 2.75) is 50.7 Å². The fraction of sp³-hybridized carbons (Fsp3) is 0.583. The van der Waals surface area contributed by atoms with Crippen LogP contribution >= 0.6 is 0 Å². The second-order valence-corrected chi connectivity index (χ2v) is 7.54. The summed E-state index contributed by atoms with van der Waals surface area (Å²) in [6, 6.07) is 0. The van der Waals surface area contributed by atoms with Crippen molar-refractivity contribution in [3.8, 4) is 0 Å². The third-order valence-electron chi connectivity index (χ3n) is 4.21. The number of esters is 2. The van der Waals surface area contributed by atoms with Crippen molar-refractivity contribution in [3.63, 3.8) is 0 Å². The highest BCUT2D eigenvalue weighted by Crippen LogP contribution is 2.22. The van der Waals surface area contributed by atoms with Crippen LogP contribution in [0.15, 0.2) is 50.6 Å². The Labute approximate surface area is 186 Å². The van der Waals surface area contributed by atoms with Crippen molar-refractivity contribution >= 4 is 11.9 Å². The Morgan fingerprint density at radius 1 is 0.613 bits per heavy atom. The molecule has 0 radical (unpaired) electrons. The van der Waals surface area contributed by atoms with E-state index in [1.54, 1.807) is 24.3 Å². The topological polar surface area (TPSA) is 80.3 Å². The van der Waals surface area contributed by atoms with Gasteiger partial charge in [-0.15, -0.1) is 26.3 Å². The molecule has 31 heavy (non-hydrogen) atoms. The molecule has 0 aliphatic heterocycles. The van der Waals surface area contributed by atoms with Gasteiger partial charge >= 0.3 is 11.9 Å². The molecule has 0 amide bonds. The Hall–Kier alpha value is -2.22. The summed E-state index contributed by atoms with van der Waals surface area (Å²) in [7, 11) is 0. The maximum Gasteiger partial charge on any atom is 0.332 e. The van der Waals surface area contributed by atoms with Gasteiger partial charge in [0, 0.05) is 25.7 Å². The summed E-state index contributed by atoms with van der Waals surface area (Å²) in [5.41, 5.74) is -1.32. The predicted octanol–water partition coefficient (Wildman–Crippen LogP) is 3.94. The molecular weight excluding hydrogens is 400 g/mol. The average Bonchev–Trinajstić information content (AvgIpc) is 2.67. The SMILES string of the molecule is C=CCC(C)(CC=C)OC(=O)COCCOCCOCC(=O)OC(C)(CC=C)CC=C. The Bertz CT molecular complexity index is 512. The Morgan fingerprint density at radius 2 is 0.903 bits per heavy atom. The molecule has 0 saturated heterocycles. The van der Waals surface area contributed by atoms with E-state index >= 15 is 0 Å². The highest BCUT2D eigenvalue weighted by Gasteiger charge is 2.26. The molecule has 0 aromatic rings. The van der Waals surface area contributed by atoms with Crippen molar-refractivity contribution in [2.24, 2.45) is 0 Å². The molecule has 0 spiro atoms. The van der Waals surface area contributed by atoms with E-state index in [4.69, 9.17) is 23.7 Å².